The van der Waals surface area contributed by atoms with Crippen molar-refractivity contribution < 1.29 is 14.2 Å². The first-order valence-electron chi connectivity index (χ1n) is 8.62. The maximum absolute atomic E-state index is 5.63. The van der Waals surface area contributed by atoms with Crippen LogP contribution in [0.2, 0.25) is 0 Å². The first kappa shape index (κ1) is 18.4. The molecule has 0 atom stereocenters. The average molecular weight is 335 g/mol. The van der Waals surface area contributed by atoms with Crippen molar-refractivity contribution in [1.29, 1.82) is 0 Å². The average Bonchev–Trinajstić information content (AvgIpc) is 3.42. The Hall–Kier alpha value is -1.95. The van der Waals surface area contributed by atoms with Gasteiger partial charge in [-0.1, -0.05) is 0 Å². The van der Waals surface area contributed by atoms with E-state index in [0.29, 0.717) is 11.5 Å². The van der Waals surface area contributed by atoms with Gasteiger partial charge >= 0.3 is 0 Å². The van der Waals surface area contributed by atoms with Gasteiger partial charge in [-0.25, -0.2) is 0 Å². The van der Waals surface area contributed by atoms with Gasteiger partial charge in [0, 0.05) is 38.1 Å². The number of nitrogens with zero attached hydrogens (tertiary/aromatic N) is 1. The van der Waals surface area contributed by atoms with Crippen LogP contribution in [0, 0.1) is 5.92 Å². The number of hydrogen-bond acceptors (Lipinski definition) is 4. The Morgan fingerprint density at radius 3 is 2.67 bits per heavy atom. The number of aliphatic imine (C=N–C) groups is 1. The Morgan fingerprint density at radius 2 is 2.00 bits per heavy atom. The van der Waals surface area contributed by atoms with Crippen LogP contribution in [0.15, 0.2) is 23.2 Å². The molecule has 0 heterocycles. The fraction of sp³-hybridized carbons (Fsp3) is 0.611. The van der Waals surface area contributed by atoms with E-state index in [9.17, 15) is 0 Å². The number of rotatable bonds is 10. The summed E-state index contributed by atoms with van der Waals surface area (Å²) in [6, 6.07) is 5.70. The lowest BCUT2D eigenvalue weighted by Crippen LogP contribution is -2.30. The Labute approximate surface area is 144 Å². The third-order valence-corrected chi connectivity index (χ3v) is 3.76. The normalized spacial score (nSPS) is 14.4. The van der Waals surface area contributed by atoms with E-state index in [2.05, 4.69) is 15.6 Å². The van der Waals surface area contributed by atoms with E-state index in [1.54, 1.807) is 14.2 Å². The first-order chi connectivity index (χ1) is 11.8. The molecule has 0 spiro atoms. The lowest BCUT2D eigenvalue weighted by molar-refractivity contribution is 0.123. The minimum absolute atomic E-state index is 0.687. The van der Waals surface area contributed by atoms with Crippen LogP contribution in [0.4, 0.5) is 5.69 Å². The number of methoxy groups -OCH3 is 2. The molecule has 0 unspecified atom stereocenters. The summed E-state index contributed by atoms with van der Waals surface area (Å²) in [5.41, 5.74) is 0.900. The van der Waals surface area contributed by atoms with Gasteiger partial charge in [-0.3, -0.25) is 4.99 Å². The molecule has 1 aromatic carbocycles. The van der Waals surface area contributed by atoms with E-state index in [0.717, 1.165) is 50.3 Å². The second-order valence-electron chi connectivity index (χ2n) is 5.83. The van der Waals surface area contributed by atoms with Gasteiger partial charge in [0.25, 0.3) is 0 Å². The van der Waals surface area contributed by atoms with Crippen molar-refractivity contribution in [1.82, 2.24) is 5.32 Å². The zero-order chi connectivity index (χ0) is 17.2. The van der Waals surface area contributed by atoms with Crippen molar-refractivity contribution in [2.75, 3.05) is 45.8 Å². The molecule has 6 heteroatoms. The Bertz CT molecular complexity index is 530. The molecule has 2 N–H and O–H groups in total. The third kappa shape index (κ3) is 6.28. The molecule has 24 heavy (non-hydrogen) atoms. The molecule has 0 radical (unpaired) electrons. The molecule has 0 amide bonds. The van der Waals surface area contributed by atoms with Gasteiger partial charge in [-0.15, -0.1) is 0 Å². The van der Waals surface area contributed by atoms with Gasteiger partial charge in [0.05, 0.1) is 14.2 Å². The largest absolute Gasteiger partial charge is 0.493 e. The van der Waals surface area contributed by atoms with Gasteiger partial charge in [-0.05, 0) is 44.2 Å². The lowest BCUT2D eigenvalue weighted by atomic mass is 10.3. The molecule has 0 aromatic heterocycles. The van der Waals surface area contributed by atoms with E-state index < -0.39 is 0 Å². The van der Waals surface area contributed by atoms with E-state index in [-0.39, 0.29) is 0 Å². The van der Waals surface area contributed by atoms with Crippen molar-refractivity contribution in [3.63, 3.8) is 0 Å². The fourth-order valence-electron chi connectivity index (χ4n) is 2.25. The van der Waals surface area contributed by atoms with Crippen LogP contribution in [-0.4, -0.2) is 46.5 Å². The first-order valence-corrected chi connectivity index (χ1v) is 8.62. The maximum atomic E-state index is 5.63. The molecule has 1 aliphatic rings. The predicted octanol–water partition coefficient (Wildman–Crippen LogP) is 2.90. The summed E-state index contributed by atoms with van der Waals surface area (Å²) in [7, 11) is 3.25. The van der Waals surface area contributed by atoms with Crippen LogP contribution in [0.5, 0.6) is 11.5 Å². The molecule has 1 fully saturated rings. The highest BCUT2D eigenvalue weighted by Crippen LogP contribution is 2.30. The van der Waals surface area contributed by atoms with Crippen LogP contribution in [0.25, 0.3) is 0 Å². The molecule has 0 bridgehead atoms. The highest BCUT2D eigenvalue weighted by molar-refractivity contribution is 5.93. The van der Waals surface area contributed by atoms with E-state index >= 15 is 0 Å². The standard InChI is InChI=1S/C18H29N3O3/c1-4-19-18(20-10-5-11-24-13-14-6-7-14)21-15-8-9-16(22-2)17(12-15)23-3/h8-9,12,14H,4-7,10-11,13H2,1-3H3,(H2,19,20,21). The number of hydrogen-bond donors (Lipinski definition) is 2. The third-order valence-electron chi connectivity index (χ3n) is 3.76. The molecular formula is C18H29N3O3. The second kappa shape index (κ2) is 10.0. The van der Waals surface area contributed by atoms with Crippen LogP contribution in [0.1, 0.15) is 26.2 Å². The minimum atomic E-state index is 0.687. The number of ether oxygens (including phenoxy) is 3. The second-order valence-corrected chi connectivity index (χ2v) is 5.83. The van der Waals surface area contributed by atoms with Gasteiger partial charge in [-0.2, -0.15) is 0 Å². The zero-order valence-electron chi connectivity index (χ0n) is 14.9. The SMILES string of the molecule is CCNC(=NCCCOCC1CC1)Nc1ccc(OC)c(OC)c1. The molecular weight excluding hydrogens is 306 g/mol. The number of benzene rings is 1. The number of guanidine groups is 1. The fourth-order valence-corrected chi connectivity index (χ4v) is 2.25. The van der Waals surface area contributed by atoms with Crippen molar-refractivity contribution in [3.05, 3.63) is 18.2 Å². The summed E-state index contributed by atoms with van der Waals surface area (Å²) in [6.07, 6.45) is 3.59. The molecule has 0 saturated heterocycles. The minimum Gasteiger partial charge on any atom is -0.493 e. The Kier molecular flexibility index (Phi) is 7.68. The summed E-state index contributed by atoms with van der Waals surface area (Å²) in [6.45, 7) is 5.26. The van der Waals surface area contributed by atoms with Gasteiger partial charge < -0.3 is 24.8 Å². The summed E-state index contributed by atoms with van der Waals surface area (Å²) in [5.74, 6) is 2.97. The Balaban J connectivity index is 1.83. The monoisotopic (exact) mass is 335 g/mol. The van der Waals surface area contributed by atoms with Crippen molar-refractivity contribution >= 4 is 11.6 Å². The number of anilines is 1. The van der Waals surface area contributed by atoms with Crippen LogP contribution >= 0.6 is 0 Å². The van der Waals surface area contributed by atoms with Crippen LogP contribution in [0.3, 0.4) is 0 Å². The number of nitrogens with one attached hydrogen (secondary N) is 2. The van der Waals surface area contributed by atoms with E-state index in [1.165, 1.54) is 12.8 Å². The van der Waals surface area contributed by atoms with Gasteiger partial charge in [0.1, 0.15) is 0 Å². The molecule has 2 rings (SSSR count). The summed E-state index contributed by atoms with van der Waals surface area (Å²) in [5, 5.41) is 6.53. The molecule has 134 valence electrons. The molecule has 0 aliphatic heterocycles. The van der Waals surface area contributed by atoms with Crippen LogP contribution < -0.4 is 20.1 Å². The van der Waals surface area contributed by atoms with E-state index in [1.807, 2.05) is 25.1 Å². The van der Waals surface area contributed by atoms with Gasteiger partial charge in [0.15, 0.2) is 17.5 Å². The lowest BCUT2D eigenvalue weighted by Gasteiger charge is -2.13. The Morgan fingerprint density at radius 1 is 1.21 bits per heavy atom. The summed E-state index contributed by atoms with van der Waals surface area (Å²) >= 11 is 0. The molecule has 1 aliphatic carbocycles. The summed E-state index contributed by atoms with van der Waals surface area (Å²) in [4.78, 5) is 4.58. The quantitative estimate of drug-likeness (QED) is 0.391. The van der Waals surface area contributed by atoms with Crippen molar-refractivity contribution in [3.8, 4) is 11.5 Å². The molecule has 6 nitrogen and oxygen atoms in total. The molecule has 1 aromatic rings. The smallest absolute Gasteiger partial charge is 0.195 e. The van der Waals surface area contributed by atoms with Crippen LogP contribution in [-0.2, 0) is 4.74 Å². The van der Waals surface area contributed by atoms with Crippen molar-refractivity contribution in [2.45, 2.75) is 26.2 Å². The van der Waals surface area contributed by atoms with Gasteiger partial charge in [0.2, 0.25) is 0 Å². The molecule has 1 saturated carbocycles. The zero-order valence-corrected chi connectivity index (χ0v) is 14.9. The predicted molar refractivity (Wildman–Crippen MR) is 97.3 cm³/mol. The highest BCUT2D eigenvalue weighted by atomic mass is 16.5. The maximum Gasteiger partial charge on any atom is 0.195 e. The summed E-state index contributed by atoms with van der Waals surface area (Å²) < 4.78 is 16.2. The highest BCUT2D eigenvalue weighted by Gasteiger charge is 2.20. The van der Waals surface area contributed by atoms with Crippen molar-refractivity contribution in [2.24, 2.45) is 10.9 Å². The van der Waals surface area contributed by atoms with E-state index in [4.69, 9.17) is 14.2 Å². The topological polar surface area (TPSA) is 64.1 Å².